The van der Waals surface area contributed by atoms with Crippen LogP contribution in [-0.2, 0) is 20.4 Å². The number of non-ortho nitro benzene ring substituents is 1. The van der Waals surface area contributed by atoms with Gasteiger partial charge < -0.3 is 34.1 Å². The van der Waals surface area contributed by atoms with Crippen LogP contribution < -0.4 is 19.1 Å². The molecule has 410 valence electrons. The highest BCUT2D eigenvalue weighted by molar-refractivity contribution is 6.12. The van der Waals surface area contributed by atoms with Gasteiger partial charge in [-0.25, -0.2) is 9.21 Å². The van der Waals surface area contributed by atoms with Gasteiger partial charge in [-0.15, -0.1) is 0 Å². The third-order valence-electron chi connectivity index (χ3n) is 15.0. The molecule has 0 radical (unpaired) electrons. The second-order valence-electron chi connectivity index (χ2n) is 20.9. The third-order valence-corrected chi connectivity index (χ3v) is 15.0. The van der Waals surface area contributed by atoms with Crippen LogP contribution in [0.4, 0.5) is 17.1 Å². The maximum Gasteiger partial charge on any atom is 0.365 e. The standard InChI is InChI=1S/C64H56N4O13/c1-63(2)51-36-44(19-23-53(51)65(5)59(63)27-13-39-33-41(67(73)74)15-25-55(39)70)77-29-9-30-79-46-18-22-50-58(38-46)81-57-35-43(69)17-21-49(57)61(50)47-11-7-8-12-48(47)62(72)80-32-10-31-78-45-20-24-54-52(37-45)64(3,4)60(66(54)6)28-14-40-34-42(68(75)76)16-26-56(40)71/h7-8,11-28,33-38H,9-10,29-32H2,1-6H3/p+2. The second kappa shape index (κ2) is 22.1. The Morgan fingerprint density at radius 2 is 1.37 bits per heavy atom. The number of ketones is 1. The zero-order chi connectivity index (χ0) is 57.3. The quantitative estimate of drug-likeness (QED) is 0.0120. The molecule has 0 fully saturated rings. The summed E-state index contributed by atoms with van der Waals surface area (Å²) in [4.78, 5) is 50.2. The van der Waals surface area contributed by atoms with Crippen molar-refractivity contribution in [1.82, 2.24) is 0 Å². The lowest BCUT2D eigenvalue weighted by molar-refractivity contribution is -0.419. The Bertz CT molecular complexity index is 3960. The fourth-order valence-electron chi connectivity index (χ4n) is 10.8. The van der Waals surface area contributed by atoms with Crippen LogP contribution in [0.5, 0.6) is 28.7 Å². The van der Waals surface area contributed by atoms with Crippen molar-refractivity contribution in [2.24, 2.45) is 0 Å². The SMILES string of the molecule is CN1C(=CC=C2C=C([N+](=O)[O-])C=CC2=O)C(C)(C)c2cc(OCCCOC(=O)c3ccccc3-c3c4ccc(O)cc4[o+]c4cc(OCCCOc5ccc6c(c5)C(C)(C)C(C=Cc5cc([N+](=O)[O-])ccc5O)=[N+]6C)ccc34)ccc21. The number of hydrogen-bond donors (Lipinski definition) is 2. The highest BCUT2D eigenvalue weighted by Gasteiger charge is 2.43. The Hall–Kier alpha value is -9.90. The smallest absolute Gasteiger partial charge is 0.365 e. The molecular formula is C64H58N4O13+2. The predicted octanol–water partition coefficient (Wildman–Crippen LogP) is 12.9. The van der Waals surface area contributed by atoms with Gasteiger partial charge in [-0.3, -0.25) is 25.0 Å². The van der Waals surface area contributed by atoms with Crippen LogP contribution in [-0.4, -0.2) is 82.6 Å². The van der Waals surface area contributed by atoms with Crippen LogP contribution in [0.15, 0.2) is 173 Å². The minimum Gasteiger partial charge on any atom is -0.508 e. The fraction of sp³-hybridized carbons (Fsp3) is 0.219. The lowest BCUT2D eigenvalue weighted by Gasteiger charge is -2.24. The zero-order valence-electron chi connectivity index (χ0n) is 45.4. The number of nitro groups is 2. The summed E-state index contributed by atoms with van der Waals surface area (Å²) < 4.78 is 32.9. The molecule has 0 saturated heterocycles. The van der Waals surface area contributed by atoms with Gasteiger partial charge in [0.25, 0.3) is 11.4 Å². The minimum absolute atomic E-state index is 0.0130. The van der Waals surface area contributed by atoms with E-state index in [-0.39, 0.29) is 47.5 Å². The molecule has 17 heteroatoms. The summed E-state index contributed by atoms with van der Waals surface area (Å²) in [6.07, 6.45) is 11.6. The molecule has 0 saturated carbocycles. The molecule has 10 rings (SSSR count). The van der Waals surface area contributed by atoms with Gasteiger partial charge in [0.05, 0.1) is 70.2 Å². The highest BCUT2D eigenvalue weighted by Crippen LogP contribution is 2.49. The third kappa shape index (κ3) is 10.8. The molecule has 2 aliphatic heterocycles. The average molecular weight is 1090 g/mol. The van der Waals surface area contributed by atoms with Gasteiger partial charge in [0.1, 0.15) is 35.8 Å². The number of likely N-dealkylation sites (N-methyl/N-ethyl adjacent to an activating group) is 1. The topological polar surface area (TPSA) is 215 Å². The number of aromatic hydroxyl groups is 2. The van der Waals surface area contributed by atoms with Crippen LogP contribution in [0.1, 0.15) is 67.6 Å². The first-order chi connectivity index (χ1) is 38.8. The summed E-state index contributed by atoms with van der Waals surface area (Å²) in [6, 6.07) is 33.3. The number of allylic oxidation sites excluding steroid dienone is 8. The monoisotopic (exact) mass is 1090 g/mol. The summed E-state index contributed by atoms with van der Waals surface area (Å²) in [5.74, 6) is 1.01. The van der Waals surface area contributed by atoms with E-state index >= 15 is 0 Å². The number of phenols is 2. The maximum absolute atomic E-state index is 13.9. The molecular weight excluding hydrogens is 1030 g/mol. The van der Waals surface area contributed by atoms with Gasteiger partial charge in [-0.1, -0.05) is 32.0 Å². The van der Waals surface area contributed by atoms with Crippen molar-refractivity contribution in [3.63, 3.8) is 0 Å². The molecule has 81 heavy (non-hydrogen) atoms. The van der Waals surface area contributed by atoms with E-state index in [1.807, 2.05) is 91.8 Å². The molecule has 7 aromatic rings. The van der Waals surface area contributed by atoms with Crippen molar-refractivity contribution in [3.05, 3.63) is 211 Å². The number of nitrogens with zero attached hydrogens (tertiary/aromatic N) is 4. The van der Waals surface area contributed by atoms with Crippen molar-refractivity contribution in [3.8, 4) is 39.9 Å². The normalized spacial score (nSPS) is 16.1. The highest BCUT2D eigenvalue weighted by atomic mass is 16.6. The van der Waals surface area contributed by atoms with E-state index in [0.29, 0.717) is 87.5 Å². The lowest BCUT2D eigenvalue weighted by atomic mass is 9.81. The number of carbonyl (C=O) groups excluding carboxylic acids is 2. The van der Waals surface area contributed by atoms with Gasteiger partial charge in [-0.2, -0.15) is 4.58 Å². The molecule has 3 heterocycles. The lowest BCUT2D eigenvalue weighted by Crippen LogP contribution is -2.26. The molecule has 2 N–H and O–H groups in total. The number of hydrogen-bond acceptors (Lipinski definition) is 13. The number of esters is 1. The number of rotatable bonds is 18. The van der Waals surface area contributed by atoms with Gasteiger partial charge in [0.2, 0.25) is 5.69 Å². The summed E-state index contributed by atoms with van der Waals surface area (Å²) in [5.41, 5.74) is 7.75. The molecule has 1 aromatic heterocycles. The average Bonchev–Trinajstić information content (AvgIpc) is 4.05. The largest absolute Gasteiger partial charge is 0.508 e. The van der Waals surface area contributed by atoms with Gasteiger partial charge in [-0.05, 0) is 116 Å². The molecule has 6 aromatic carbocycles. The van der Waals surface area contributed by atoms with E-state index in [4.69, 9.17) is 23.4 Å². The van der Waals surface area contributed by atoms with Crippen molar-refractivity contribution in [2.45, 2.75) is 51.4 Å². The van der Waals surface area contributed by atoms with E-state index in [0.717, 1.165) is 33.9 Å². The fourth-order valence-corrected chi connectivity index (χ4v) is 10.8. The number of anilines is 1. The molecule has 1 aliphatic carbocycles. The summed E-state index contributed by atoms with van der Waals surface area (Å²) >= 11 is 0. The Kier molecular flexibility index (Phi) is 14.8. The van der Waals surface area contributed by atoms with E-state index < -0.39 is 26.6 Å². The van der Waals surface area contributed by atoms with Crippen LogP contribution in [0.25, 0.3) is 39.1 Å². The predicted molar refractivity (Wildman–Crippen MR) is 309 cm³/mol. The van der Waals surface area contributed by atoms with E-state index in [2.05, 4.69) is 32.3 Å². The summed E-state index contributed by atoms with van der Waals surface area (Å²) in [7, 11) is 3.89. The van der Waals surface area contributed by atoms with Crippen LogP contribution in [0.3, 0.4) is 0 Å². The van der Waals surface area contributed by atoms with Gasteiger partial charge in [0, 0.05) is 95.4 Å². The van der Waals surface area contributed by atoms with Gasteiger partial charge >= 0.3 is 17.1 Å². The summed E-state index contributed by atoms with van der Waals surface area (Å²) in [5, 5.41) is 45.0. The number of nitro benzene ring substituents is 1. The van der Waals surface area contributed by atoms with Gasteiger partial charge in [0.15, 0.2) is 11.5 Å². The minimum atomic E-state index is -0.525. The molecule has 0 unspecified atom stereocenters. The first-order valence-corrected chi connectivity index (χ1v) is 26.3. The molecule has 0 bridgehead atoms. The number of phenolic OH excluding ortho intramolecular Hbond substituents is 2. The van der Waals surface area contributed by atoms with Crippen molar-refractivity contribution < 1.29 is 57.6 Å². The van der Waals surface area contributed by atoms with E-state index in [1.54, 1.807) is 42.5 Å². The maximum atomic E-state index is 13.9. The molecule has 0 spiro atoms. The molecule has 3 aliphatic rings. The second-order valence-corrected chi connectivity index (χ2v) is 20.9. The number of ether oxygens (including phenoxy) is 4. The van der Waals surface area contributed by atoms with E-state index in [9.17, 15) is 40.0 Å². The van der Waals surface area contributed by atoms with Crippen molar-refractivity contribution >= 4 is 62.5 Å². The summed E-state index contributed by atoms with van der Waals surface area (Å²) in [6.45, 7) is 9.36. The Morgan fingerprint density at radius 1 is 0.716 bits per heavy atom. The molecule has 0 atom stereocenters. The molecule has 0 amide bonds. The van der Waals surface area contributed by atoms with Crippen LogP contribution in [0, 0.1) is 20.2 Å². The van der Waals surface area contributed by atoms with Crippen molar-refractivity contribution in [1.29, 1.82) is 0 Å². The number of fused-ring (bicyclic) bond motifs is 4. The Morgan fingerprint density at radius 3 is 2.10 bits per heavy atom. The van der Waals surface area contributed by atoms with Crippen molar-refractivity contribution in [2.75, 3.05) is 45.4 Å². The first kappa shape index (κ1) is 54.5. The van der Waals surface area contributed by atoms with Crippen LogP contribution >= 0.6 is 0 Å². The molecule has 17 nitrogen and oxygen atoms in total. The Labute approximate surface area is 466 Å². The zero-order valence-corrected chi connectivity index (χ0v) is 45.4. The first-order valence-electron chi connectivity index (χ1n) is 26.3. The number of carbonyl (C=O) groups is 2. The Balaban J connectivity index is 0.764. The van der Waals surface area contributed by atoms with Crippen LogP contribution in [0.2, 0.25) is 0 Å². The van der Waals surface area contributed by atoms with E-state index in [1.165, 1.54) is 42.5 Å². The number of benzene rings is 6.